The standard InChI is InChI=1S/C16H26ClNO/c1-12(2)9-18(10-13(3)4)11-16(19)14-5-7-15(17)8-6-14/h5-8,12-13,16,19H,9-11H2,1-4H3. The second-order valence-electron chi connectivity index (χ2n) is 6.07. The maximum Gasteiger partial charge on any atom is 0.0916 e. The Balaban J connectivity index is 2.63. The Bertz CT molecular complexity index is 352. The van der Waals surface area contributed by atoms with Gasteiger partial charge in [0, 0.05) is 24.7 Å². The van der Waals surface area contributed by atoms with Gasteiger partial charge < -0.3 is 5.11 Å². The molecule has 0 aliphatic rings. The summed E-state index contributed by atoms with van der Waals surface area (Å²) in [7, 11) is 0. The highest BCUT2D eigenvalue weighted by atomic mass is 35.5. The molecule has 2 nitrogen and oxygen atoms in total. The monoisotopic (exact) mass is 283 g/mol. The molecule has 108 valence electrons. The molecule has 1 aromatic carbocycles. The largest absolute Gasteiger partial charge is 0.387 e. The first kappa shape index (κ1) is 16.5. The van der Waals surface area contributed by atoms with E-state index in [0.29, 0.717) is 23.4 Å². The van der Waals surface area contributed by atoms with Gasteiger partial charge in [-0.1, -0.05) is 51.4 Å². The molecule has 0 aromatic heterocycles. The van der Waals surface area contributed by atoms with Crippen LogP contribution in [0.15, 0.2) is 24.3 Å². The average molecular weight is 284 g/mol. The van der Waals surface area contributed by atoms with E-state index < -0.39 is 6.10 Å². The highest BCUT2D eigenvalue weighted by molar-refractivity contribution is 6.30. The van der Waals surface area contributed by atoms with Crippen LogP contribution in [0.1, 0.15) is 39.4 Å². The van der Waals surface area contributed by atoms with Gasteiger partial charge in [0.15, 0.2) is 0 Å². The SMILES string of the molecule is CC(C)CN(CC(C)C)CC(O)c1ccc(Cl)cc1. The number of halogens is 1. The van der Waals surface area contributed by atoms with Crippen molar-refractivity contribution < 1.29 is 5.11 Å². The first-order chi connectivity index (χ1) is 8.88. The van der Waals surface area contributed by atoms with E-state index in [-0.39, 0.29) is 0 Å². The third-order valence-corrected chi connectivity index (χ3v) is 3.18. The Kier molecular flexibility index (Phi) is 6.84. The Morgan fingerprint density at radius 2 is 1.42 bits per heavy atom. The fraction of sp³-hybridized carbons (Fsp3) is 0.625. The molecule has 0 amide bonds. The summed E-state index contributed by atoms with van der Waals surface area (Å²) >= 11 is 5.87. The molecule has 0 saturated carbocycles. The molecule has 1 atom stereocenters. The van der Waals surface area contributed by atoms with Gasteiger partial charge in [-0.05, 0) is 29.5 Å². The number of aliphatic hydroxyl groups is 1. The van der Waals surface area contributed by atoms with Crippen LogP contribution in [-0.4, -0.2) is 29.6 Å². The first-order valence-corrected chi connectivity index (χ1v) is 7.42. The molecule has 19 heavy (non-hydrogen) atoms. The van der Waals surface area contributed by atoms with Crippen molar-refractivity contribution in [1.82, 2.24) is 4.90 Å². The number of hydrogen-bond donors (Lipinski definition) is 1. The fourth-order valence-corrected chi connectivity index (χ4v) is 2.42. The lowest BCUT2D eigenvalue weighted by Gasteiger charge is -2.28. The molecule has 1 rings (SSSR count). The van der Waals surface area contributed by atoms with Crippen LogP contribution in [0.2, 0.25) is 5.02 Å². The van der Waals surface area contributed by atoms with Crippen LogP contribution >= 0.6 is 11.6 Å². The van der Waals surface area contributed by atoms with E-state index in [0.717, 1.165) is 18.7 Å². The van der Waals surface area contributed by atoms with E-state index >= 15 is 0 Å². The van der Waals surface area contributed by atoms with Crippen LogP contribution in [0.3, 0.4) is 0 Å². The van der Waals surface area contributed by atoms with Crippen molar-refractivity contribution in [3.05, 3.63) is 34.9 Å². The van der Waals surface area contributed by atoms with Gasteiger partial charge in [-0.25, -0.2) is 0 Å². The van der Waals surface area contributed by atoms with Gasteiger partial charge in [0.25, 0.3) is 0 Å². The first-order valence-electron chi connectivity index (χ1n) is 7.04. The minimum Gasteiger partial charge on any atom is -0.387 e. The average Bonchev–Trinajstić information content (AvgIpc) is 2.27. The predicted octanol–water partition coefficient (Wildman–Crippen LogP) is 3.99. The van der Waals surface area contributed by atoms with E-state index in [1.165, 1.54) is 0 Å². The molecule has 1 aromatic rings. The highest BCUT2D eigenvalue weighted by Crippen LogP contribution is 2.18. The molecule has 0 spiro atoms. The second kappa shape index (κ2) is 7.88. The molecule has 0 bridgehead atoms. The van der Waals surface area contributed by atoms with E-state index in [2.05, 4.69) is 32.6 Å². The van der Waals surface area contributed by atoms with Gasteiger partial charge in [-0.15, -0.1) is 0 Å². The predicted molar refractivity (Wildman–Crippen MR) is 82.5 cm³/mol. The van der Waals surface area contributed by atoms with E-state index in [4.69, 9.17) is 11.6 Å². The molecular formula is C16H26ClNO. The lowest BCUT2D eigenvalue weighted by atomic mass is 10.1. The van der Waals surface area contributed by atoms with Gasteiger partial charge >= 0.3 is 0 Å². The van der Waals surface area contributed by atoms with Crippen LogP contribution in [0.25, 0.3) is 0 Å². The van der Waals surface area contributed by atoms with E-state index in [1.54, 1.807) is 0 Å². The topological polar surface area (TPSA) is 23.5 Å². The zero-order valence-corrected chi connectivity index (χ0v) is 13.2. The number of hydrogen-bond acceptors (Lipinski definition) is 2. The normalized spacial score (nSPS) is 13.5. The van der Waals surface area contributed by atoms with Crippen LogP contribution in [0, 0.1) is 11.8 Å². The minimum atomic E-state index is -0.449. The molecule has 3 heteroatoms. The summed E-state index contributed by atoms with van der Waals surface area (Å²) in [5.41, 5.74) is 0.932. The van der Waals surface area contributed by atoms with Crippen molar-refractivity contribution in [3.8, 4) is 0 Å². The van der Waals surface area contributed by atoms with Crippen molar-refractivity contribution >= 4 is 11.6 Å². The van der Waals surface area contributed by atoms with Crippen LogP contribution in [0.4, 0.5) is 0 Å². The summed E-state index contributed by atoms with van der Waals surface area (Å²) in [6.07, 6.45) is -0.449. The Morgan fingerprint density at radius 3 is 1.84 bits per heavy atom. The highest BCUT2D eigenvalue weighted by Gasteiger charge is 2.15. The van der Waals surface area contributed by atoms with E-state index in [1.807, 2.05) is 24.3 Å². The molecule has 0 aliphatic carbocycles. The summed E-state index contributed by atoms with van der Waals surface area (Å²) in [6.45, 7) is 11.6. The minimum absolute atomic E-state index is 0.449. The molecule has 1 unspecified atom stereocenters. The molecule has 1 N–H and O–H groups in total. The van der Waals surface area contributed by atoms with Gasteiger partial charge in [-0.3, -0.25) is 4.90 Å². The maximum atomic E-state index is 10.3. The van der Waals surface area contributed by atoms with Crippen molar-refractivity contribution in [2.45, 2.75) is 33.8 Å². The van der Waals surface area contributed by atoms with Crippen molar-refractivity contribution in [2.24, 2.45) is 11.8 Å². The summed E-state index contributed by atoms with van der Waals surface area (Å²) in [4.78, 5) is 2.34. The third-order valence-electron chi connectivity index (χ3n) is 2.93. The molecule has 0 heterocycles. The number of rotatable bonds is 7. The summed E-state index contributed by atoms with van der Waals surface area (Å²) in [5, 5.41) is 11.0. The van der Waals surface area contributed by atoms with E-state index in [9.17, 15) is 5.11 Å². The van der Waals surface area contributed by atoms with Crippen LogP contribution in [0.5, 0.6) is 0 Å². The maximum absolute atomic E-state index is 10.3. The smallest absolute Gasteiger partial charge is 0.0916 e. The summed E-state index contributed by atoms with van der Waals surface area (Å²) in [5.74, 6) is 1.22. The van der Waals surface area contributed by atoms with Gasteiger partial charge in [0.1, 0.15) is 0 Å². The van der Waals surface area contributed by atoms with Gasteiger partial charge in [0.05, 0.1) is 6.10 Å². The molecular weight excluding hydrogens is 258 g/mol. The van der Waals surface area contributed by atoms with Crippen molar-refractivity contribution in [2.75, 3.05) is 19.6 Å². The van der Waals surface area contributed by atoms with Crippen molar-refractivity contribution in [1.29, 1.82) is 0 Å². The lowest BCUT2D eigenvalue weighted by Crippen LogP contribution is -2.34. The zero-order chi connectivity index (χ0) is 14.4. The fourth-order valence-electron chi connectivity index (χ4n) is 2.29. The summed E-state index contributed by atoms with van der Waals surface area (Å²) in [6, 6.07) is 7.45. The quantitative estimate of drug-likeness (QED) is 0.818. The molecule has 0 radical (unpaired) electrons. The van der Waals surface area contributed by atoms with Gasteiger partial charge in [0.2, 0.25) is 0 Å². The van der Waals surface area contributed by atoms with Crippen LogP contribution < -0.4 is 0 Å². The Labute approximate surface area is 122 Å². The number of benzene rings is 1. The Morgan fingerprint density at radius 1 is 0.947 bits per heavy atom. The number of aliphatic hydroxyl groups excluding tert-OH is 1. The lowest BCUT2D eigenvalue weighted by molar-refractivity contribution is 0.0987. The Hall–Kier alpha value is -0.570. The van der Waals surface area contributed by atoms with Crippen LogP contribution in [-0.2, 0) is 0 Å². The van der Waals surface area contributed by atoms with Gasteiger partial charge in [-0.2, -0.15) is 0 Å². The molecule has 0 aliphatic heterocycles. The second-order valence-corrected chi connectivity index (χ2v) is 6.51. The molecule has 0 saturated heterocycles. The molecule has 0 fully saturated rings. The van der Waals surface area contributed by atoms with Crippen molar-refractivity contribution in [3.63, 3.8) is 0 Å². The number of nitrogens with zero attached hydrogens (tertiary/aromatic N) is 1. The zero-order valence-electron chi connectivity index (χ0n) is 12.4. The third kappa shape index (κ3) is 6.42. The summed E-state index contributed by atoms with van der Waals surface area (Å²) < 4.78 is 0.